The van der Waals surface area contributed by atoms with Gasteiger partial charge in [0.2, 0.25) is 5.91 Å². The van der Waals surface area contributed by atoms with E-state index in [4.69, 9.17) is 0 Å². The zero-order chi connectivity index (χ0) is 13.6. The number of carbonyl (C=O) groups excluding carboxylic acids is 1. The molecule has 1 fully saturated rings. The Morgan fingerprint density at radius 2 is 1.95 bits per heavy atom. The Labute approximate surface area is 122 Å². The van der Waals surface area contributed by atoms with Gasteiger partial charge in [-0.15, -0.1) is 12.4 Å². The molecule has 1 aliphatic rings. The average Bonchev–Trinajstić information content (AvgIpc) is 2.25. The number of amides is 1. The van der Waals surface area contributed by atoms with E-state index in [9.17, 15) is 13.2 Å². The Morgan fingerprint density at radius 3 is 2.47 bits per heavy atom. The molecule has 0 radical (unpaired) electrons. The molecule has 0 aromatic heterocycles. The number of halogens is 1. The fourth-order valence-corrected chi connectivity index (χ4v) is 3.34. The summed E-state index contributed by atoms with van der Waals surface area (Å²) in [6.07, 6.45) is 4.85. The van der Waals surface area contributed by atoms with Gasteiger partial charge >= 0.3 is 0 Å². The smallest absolute Gasteiger partial charge is 0.220 e. The van der Waals surface area contributed by atoms with Crippen molar-refractivity contribution >= 4 is 28.2 Å². The minimum Gasteiger partial charge on any atom is -0.353 e. The average molecular weight is 313 g/mol. The monoisotopic (exact) mass is 312 g/mol. The lowest BCUT2D eigenvalue weighted by atomic mass is 9.93. The molecule has 1 aliphatic heterocycles. The van der Waals surface area contributed by atoms with Crippen molar-refractivity contribution in [3.05, 3.63) is 0 Å². The van der Waals surface area contributed by atoms with Gasteiger partial charge in [-0.3, -0.25) is 4.79 Å². The fourth-order valence-electron chi connectivity index (χ4n) is 2.35. The molecule has 0 saturated carbocycles. The fraction of sp³-hybridized carbons (Fsp3) is 0.917. The van der Waals surface area contributed by atoms with Gasteiger partial charge in [-0.25, -0.2) is 8.42 Å². The van der Waals surface area contributed by atoms with E-state index in [0.29, 0.717) is 12.3 Å². The molecular weight excluding hydrogens is 288 g/mol. The normalized spacial score (nSPS) is 18.4. The Hall–Kier alpha value is -0.330. The summed E-state index contributed by atoms with van der Waals surface area (Å²) in [6, 6.07) is -0.305. The summed E-state index contributed by atoms with van der Waals surface area (Å²) >= 11 is 0. The van der Waals surface area contributed by atoms with Crippen LogP contribution in [0.15, 0.2) is 0 Å². The van der Waals surface area contributed by atoms with Gasteiger partial charge in [0.1, 0.15) is 9.84 Å². The van der Waals surface area contributed by atoms with Crippen LogP contribution in [0.4, 0.5) is 0 Å². The third kappa shape index (κ3) is 9.24. The van der Waals surface area contributed by atoms with Gasteiger partial charge in [-0.05, 0) is 45.2 Å². The van der Waals surface area contributed by atoms with E-state index in [1.165, 1.54) is 6.26 Å². The largest absolute Gasteiger partial charge is 0.353 e. The zero-order valence-electron chi connectivity index (χ0n) is 11.6. The summed E-state index contributed by atoms with van der Waals surface area (Å²) < 4.78 is 22.1. The highest BCUT2D eigenvalue weighted by atomic mass is 35.5. The van der Waals surface area contributed by atoms with E-state index in [1.807, 2.05) is 0 Å². The van der Waals surface area contributed by atoms with Crippen LogP contribution in [-0.2, 0) is 14.6 Å². The minimum atomic E-state index is -3.03. The molecule has 19 heavy (non-hydrogen) atoms. The standard InChI is InChI=1S/C12H24N2O3S.ClH/c1-10(9-18(2,16)17)14-12(15)4-3-11-5-7-13-8-6-11;/h10-11,13H,3-9H2,1-2H3,(H,14,15);1H. The molecule has 1 heterocycles. The lowest BCUT2D eigenvalue weighted by molar-refractivity contribution is -0.121. The Bertz CT molecular complexity index is 367. The molecule has 1 unspecified atom stereocenters. The quantitative estimate of drug-likeness (QED) is 0.758. The van der Waals surface area contributed by atoms with Crippen LogP contribution in [0.5, 0.6) is 0 Å². The third-order valence-electron chi connectivity index (χ3n) is 3.20. The highest BCUT2D eigenvalue weighted by molar-refractivity contribution is 7.90. The highest BCUT2D eigenvalue weighted by Gasteiger charge is 2.16. The van der Waals surface area contributed by atoms with Gasteiger partial charge in [0.15, 0.2) is 0 Å². The lowest BCUT2D eigenvalue weighted by Crippen LogP contribution is -2.37. The van der Waals surface area contributed by atoms with Crippen LogP contribution < -0.4 is 10.6 Å². The molecule has 0 aromatic carbocycles. The second kappa shape index (κ2) is 8.76. The zero-order valence-corrected chi connectivity index (χ0v) is 13.3. The first-order chi connectivity index (χ1) is 8.37. The number of hydrogen-bond donors (Lipinski definition) is 2. The predicted molar refractivity (Wildman–Crippen MR) is 79.4 cm³/mol. The first-order valence-electron chi connectivity index (χ1n) is 6.54. The summed E-state index contributed by atoms with van der Waals surface area (Å²) in [7, 11) is -3.03. The molecule has 0 aromatic rings. The van der Waals surface area contributed by atoms with Crippen LogP contribution in [0.25, 0.3) is 0 Å². The number of piperidine rings is 1. The Kier molecular flexibility index (Phi) is 8.61. The van der Waals surface area contributed by atoms with Gasteiger partial charge in [-0.1, -0.05) is 0 Å². The molecule has 0 spiro atoms. The first-order valence-corrected chi connectivity index (χ1v) is 8.60. The van der Waals surface area contributed by atoms with Crippen molar-refractivity contribution in [1.82, 2.24) is 10.6 Å². The van der Waals surface area contributed by atoms with Crippen molar-refractivity contribution in [2.24, 2.45) is 5.92 Å². The molecule has 1 amide bonds. The highest BCUT2D eigenvalue weighted by Crippen LogP contribution is 2.17. The summed E-state index contributed by atoms with van der Waals surface area (Å²) in [5, 5.41) is 6.04. The van der Waals surface area contributed by atoms with Crippen molar-refractivity contribution in [2.75, 3.05) is 25.1 Å². The van der Waals surface area contributed by atoms with Crippen molar-refractivity contribution in [1.29, 1.82) is 0 Å². The molecule has 1 rings (SSSR count). The number of sulfone groups is 1. The maximum Gasteiger partial charge on any atom is 0.220 e. The molecule has 0 bridgehead atoms. The van der Waals surface area contributed by atoms with Gasteiger partial charge in [0.05, 0.1) is 5.75 Å². The Balaban J connectivity index is 0.00000324. The maximum atomic E-state index is 11.7. The topological polar surface area (TPSA) is 75.3 Å². The first kappa shape index (κ1) is 18.7. The summed E-state index contributed by atoms with van der Waals surface area (Å²) in [4.78, 5) is 11.7. The van der Waals surface area contributed by atoms with Gasteiger partial charge in [0, 0.05) is 18.7 Å². The lowest BCUT2D eigenvalue weighted by Gasteiger charge is -2.22. The van der Waals surface area contributed by atoms with Crippen molar-refractivity contribution < 1.29 is 13.2 Å². The van der Waals surface area contributed by atoms with E-state index in [-0.39, 0.29) is 30.1 Å². The van der Waals surface area contributed by atoms with Crippen LogP contribution in [0.1, 0.15) is 32.6 Å². The maximum absolute atomic E-state index is 11.7. The SMILES string of the molecule is CC(CS(C)(=O)=O)NC(=O)CCC1CCNCC1.Cl. The third-order valence-corrected chi connectivity index (χ3v) is 4.30. The van der Waals surface area contributed by atoms with E-state index in [0.717, 1.165) is 32.4 Å². The number of nitrogens with one attached hydrogen (secondary N) is 2. The van der Waals surface area contributed by atoms with Crippen LogP contribution >= 0.6 is 12.4 Å². The summed E-state index contributed by atoms with van der Waals surface area (Å²) in [5.41, 5.74) is 0. The van der Waals surface area contributed by atoms with E-state index in [1.54, 1.807) is 6.92 Å². The second-order valence-electron chi connectivity index (χ2n) is 5.29. The van der Waals surface area contributed by atoms with Crippen LogP contribution in [0.3, 0.4) is 0 Å². The minimum absolute atomic E-state index is 0. The summed E-state index contributed by atoms with van der Waals surface area (Å²) in [6.45, 7) is 3.80. The molecule has 2 N–H and O–H groups in total. The van der Waals surface area contributed by atoms with E-state index >= 15 is 0 Å². The van der Waals surface area contributed by atoms with Crippen molar-refractivity contribution in [3.8, 4) is 0 Å². The van der Waals surface area contributed by atoms with E-state index < -0.39 is 9.84 Å². The van der Waals surface area contributed by atoms with Gasteiger partial charge in [0.25, 0.3) is 0 Å². The Morgan fingerprint density at radius 1 is 1.37 bits per heavy atom. The number of rotatable bonds is 6. The molecule has 114 valence electrons. The molecule has 7 heteroatoms. The molecule has 1 atom stereocenters. The van der Waals surface area contributed by atoms with Crippen LogP contribution in [0.2, 0.25) is 0 Å². The predicted octanol–water partition coefficient (Wildman–Crippen LogP) is 0.737. The van der Waals surface area contributed by atoms with Crippen molar-refractivity contribution in [2.45, 2.75) is 38.6 Å². The summed E-state index contributed by atoms with van der Waals surface area (Å²) in [5.74, 6) is 0.596. The second-order valence-corrected chi connectivity index (χ2v) is 7.48. The van der Waals surface area contributed by atoms with Crippen LogP contribution in [-0.4, -0.2) is 45.5 Å². The van der Waals surface area contributed by atoms with Gasteiger partial charge in [-0.2, -0.15) is 0 Å². The van der Waals surface area contributed by atoms with Crippen LogP contribution in [0, 0.1) is 5.92 Å². The molecule has 5 nitrogen and oxygen atoms in total. The van der Waals surface area contributed by atoms with E-state index in [2.05, 4.69) is 10.6 Å². The number of carbonyl (C=O) groups is 1. The molecular formula is C12H25ClN2O3S. The van der Waals surface area contributed by atoms with Gasteiger partial charge < -0.3 is 10.6 Å². The molecule has 1 saturated heterocycles. The number of hydrogen-bond acceptors (Lipinski definition) is 4. The van der Waals surface area contributed by atoms with Crippen molar-refractivity contribution in [3.63, 3.8) is 0 Å². The molecule has 0 aliphatic carbocycles.